The van der Waals surface area contributed by atoms with Crippen LogP contribution >= 0.6 is 0 Å². The van der Waals surface area contributed by atoms with Crippen molar-refractivity contribution in [2.45, 2.75) is 11.8 Å². The number of aromatic nitrogens is 4. The van der Waals surface area contributed by atoms with E-state index in [1.54, 1.807) is 37.3 Å². The van der Waals surface area contributed by atoms with Crippen LogP contribution in [0.5, 0.6) is 0 Å². The summed E-state index contributed by atoms with van der Waals surface area (Å²) in [5, 5.41) is 10.7. The molecule has 0 spiro atoms. The topological polar surface area (TPSA) is 134 Å². The van der Waals surface area contributed by atoms with Crippen molar-refractivity contribution in [3.05, 3.63) is 77.0 Å². The van der Waals surface area contributed by atoms with Crippen molar-refractivity contribution >= 4 is 32.9 Å². The highest BCUT2D eigenvalue weighted by Gasteiger charge is 2.14. The van der Waals surface area contributed by atoms with E-state index in [0.29, 0.717) is 17.1 Å². The van der Waals surface area contributed by atoms with Gasteiger partial charge in [-0.1, -0.05) is 18.2 Å². The molecule has 0 saturated carbocycles. The number of para-hydroxylation sites is 1. The SMILES string of the molecule is Cc1nc2nc[nH]n2c(=O)c1N=Nc1ccc(S(=O)(=O)Nc2ccccc2)cc1. The summed E-state index contributed by atoms with van der Waals surface area (Å²) in [6.07, 6.45) is 1.35. The Hall–Kier alpha value is -3.86. The molecule has 11 heteroatoms. The van der Waals surface area contributed by atoms with Crippen molar-refractivity contribution in [3.8, 4) is 0 Å². The highest BCUT2D eigenvalue weighted by molar-refractivity contribution is 7.92. The number of hydrogen-bond acceptors (Lipinski definition) is 7. The van der Waals surface area contributed by atoms with Gasteiger partial charge < -0.3 is 0 Å². The van der Waals surface area contributed by atoms with Crippen LogP contribution in [-0.2, 0) is 10.0 Å². The maximum atomic E-state index is 12.5. The van der Waals surface area contributed by atoms with Crippen molar-refractivity contribution in [1.82, 2.24) is 19.6 Å². The first-order valence-corrected chi connectivity index (χ1v) is 9.95. The van der Waals surface area contributed by atoms with Crippen molar-refractivity contribution in [2.24, 2.45) is 10.2 Å². The minimum absolute atomic E-state index is 0.0641. The van der Waals surface area contributed by atoms with Gasteiger partial charge in [0.1, 0.15) is 6.33 Å². The van der Waals surface area contributed by atoms with Gasteiger partial charge in [-0.15, -0.1) is 5.11 Å². The fourth-order valence-corrected chi connectivity index (χ4v) is 3.65. The van der Waals surface area contributed by atoms with Crippen molar-refractivity contribution in [3.63, 3.8) is 0 Å². The molecule has 2 aromatic heterocycles. The number of nitrogens with one attached hydrogen (secondary N) is 2. The molecule has 0 aliphatic carbocycles. The van der Waals surface area contributed by atoms with Crippen LogP contribution in [0.25, 0.3) is 5.78 Å². The molecule has 10 nitrogen and oxygen atoms in total. The van der Waals surface area contributed by atoms with Crippen molar-refractivity contribution in [2.75, 3.05) is 4.72 Å². The summed E-state index contributed by atoms with van der Waals surface area (Å²) in [7, 11) is -3.73. The van der Waals surface area contributed by atoms with Gasteiger partial charge in [0.25, 0.3) is 15.8 Å². The number of nitrogens with zero attached hydrogens (tertiary/aromatic N) is 5. The average Bonchev–Trinajstić information content (AvgIpc) is 3.17. The zero-order valence-corrected chi connectivity index (χ0v) is 16.0. The Morgan fingerprint density at radius 3 is 2.48 bits per heavy atom. The molecule has 0 bridgehead atoms. The largest absolute Gasteiger partial charge is 0.302 e. The number of sulfonamides is 1. The second-order valence-electron chi connectivity index (χ2n) is 6.04. The number of aromatic amines is 1. The molecule has 0 fully saturated rings. The minimum Gasteiger partial charge on any atom is -0.280 e. The molecule has 2 N–H and O–H groups in total. The molecule has 0 saturated heterocycles. The number of anilines is 1. The normalized spacial score (nSPS) is 11.9. The fourth-order valence-electron chi connectivity index (χ4n) is 2.59. The molecule has 0 aliphatic heterocycles. The molecule has 4 aromatic rings. The molecule has 146 valence electrons. The van der Waals surface area contributed by atoms with Gasteiger partial charge >= 0.3 is 5.56 Å². The van der Waals surface area contributed by atoms with E-state index in [2.05, 4.69) is 30.0 Å². The summed E-state index contributed by atoms with van der Waals surface area (Å²) in [4.78, 5) is 20.6. The molecule has 0 atom stereocenters. The van der Waals surface area contributed by atoms with E-state index in [4.69, 9.17) is 0 Å². The zero-order chi connectivity index (χ0) is 20.4. The van der Waals surface area contributed by atoms with E-state index in [-0.39, 0.29) is 16.4 Å². The van der Waals surface area contributed by atoms with Crippen LogP contribution in [0.4, 0.5) is 17.1 Å². The standard InChI is InChI=1S/C18H15N7O3S/c1-12-16(17(26)25-18(21-12)19-11-20-25)23-22-13-7-9-15(10-8-13)29(27,28)24-14-5-3-2-4-6-14/h2-11,24H,1H3,(H,19,20,21). The Balaban J connectivity index is 1.58. The summed E-state index contributed by atoms with van der Waals surface area (Å²) in [5.74, 6) is 0.243. The predicted molar refractivity (Wildman–Crippen MR) is 106 cm³/mol. The molecular weight excluding hydrogens is 394 g/mol. The second kappa shape index (κ2) is 7.28. The highest BCUT2D eigenvalue weighted by Crippen LogP contribution is 2.21. The van der Waals surface area contributed by atoms with Gasteiger partial charge in [0, 0.05) is 5.69 Å². The number of rotatable bonds is 5. The molecule has 0 radical (unpaired) electrons. The number of fused-ring (bicyclic) bond motifs is 1. The lowest BCUT2D eigenvalue weighted by molar-refractivity contribution is 0.601. The van der Waals surface area contributed by atoms with E-state index in [1.807, 2.05) is 0 Å². The van der Waals surface area contributed by atoms with Gasteiger partial charge in [-0.25, -0.2) is 18.4 Å². The van der Waals surface area contributed by atoms with Crippen LogP contribution in [0, 0.1) is 6.92 Å². The Morgan fingerprint density at radius 2 is 1.76 bits per heavy atom. The molecule has 0 aliphatic rings. The Labute approximate surface area is 165 Å². The number of hydrogen-bond donors (Lipinski definition) is 2. The number of aryl methyl sites for hydroxylation is 1. The van der Waals surface area contributed by atoms with E-state index in [9.17, 15) is 13.2 Å². The fraction of sp³-hybridized carbons (Fsp3) is 0.0556. The Kier molecular flexibility index (Phi) is 4.64. The third-order valence-corrected chi connectivity index (χ3v) is 5.42. The van der Waals surface area contributed by atoms with Gasteiger partial charge in [-0.2, -0.15) is 9.63 Å². The lowest BCUT2D eigenvalue weighted by Gasteiger charge is -2.07. The lowest BCUT2D eigenvalue weighted by atomic mass is 10.3. The molecule has 0 amide bonds. The van der Waals surface area contributed by atoms with Gasteiger partial charge in [0.2, 0.25) is 0 Å². The van der Waals surface area contributed by atoms with Gasteiger partial charge in [0.05, 0.1) is 16.3 Å². The smallest absolute Gasteiger partial charge is 0.280 e. The summed E-state index contributed by atoms with van der Waals surface area (Å²) < 4.78 is 28.6. The maximum absolute atomic E-state index is 12.5. The first kappa shape index (κ1) is 18.5. The molecule has 29 heavy (non-hydrogen) atoms. The van der Waals surface area contributed by atoms with Crippen LogP contribution in [0.1, 0.15) is 5.69 Å². The van der Waals surface area contributed by atoms with Crippen LogP contribution in [0.3, 0.4) is 0 Å². The molecule has 2 aromatic carbocycles. The predicted octanol–water partition coefficient (Wildman–Crippen LogP) is 2.94. The van der Waals surface area contributed by atoms with Crippen LogP contribution in [0.2, 0.25) is 0 Å². The van der Waals surface area contributed by atoms with E-state index in [0.717, 1.165) is 4.52 Å². The van der Waals surface area contributed by atoms with E-state index in [1.165, 1.54) is 30.6 Å². The first-order chi connectivity index (χ1) is 13.9. The average molecular weight is 409 g/mol. The van der Waals surface area contributed by atoms with Gasteiger partial charge in [-0.3, -0.25) is 14.6 Å². The number of H-pyrrole nitrogens is 1. The quantitative estimate of drug-likeness (QED) is 0.489. The van der Waals surface area contributed by atoms with Crippen LogP contribution in [-0.4, -0.2) is 28.0 Å². The van der Waals surface area contributed by atoms with Crippen LogP contribution in [0.15, 0.2) is 80.8 Å². The Bertz CT molecular complexity index is 1360. The summed E-state index contributed by atoms with van der Waals surface area (Å²) in [5.41, 5.74) is 0.873. The van der Waals surface area contributed by atoms with E-state index < -0.39 is 15.6 Å². The van der Waals surface area contributed by atoms with Crippen LogP contribution < -0.4 is 10.3 Å². The van der Waals surface area contributed by atoms with Crippen molar-refractivity contribution < 1.29 is 8.42 Å². The van der Waals surface area contributed by atoms with Crippen molar-refractivity contribution in [1.29, 1.82) is 0 Å². The second-order valence-corrected chi connectivity index (χ2v) is 7.72. The zero-order valence-electron chi connectivity index (χ0n) is 15.1. The molecule has 4 rings (SSSR count). The molecular formula is C18H15N7O3S. The minimum atomic E-state index is -3.73. The third-order valence-electron chi connectivity index (χ3n) is 4.02. The summed E-state index contributed by atoms with van der Waals surface area (Å²) >= 11 is 0. The maximum Gasteiger partial charge on any atom is 0.302 e. The number of azo groups is 1. The number of benzene rings is 2. The highest BCUT2D eigenvalue weighted by atomic mass is 32.2. The third kappa shape index (κ3) is 3.75. The van der Waals surface area contributed by atoms with Gasteiger partial charge in [0.15, 0.2) is 5.69 Å². The summed E-state index contributed by atoms with van der Waals surface area (Å²) in [6.45, 7) is 1.63. The molecule has 2 heterocycles. The van der Waals surface area contributed by atoms with E-state index >= 15 is 0 Å². The molecule has 0 unspecified atom stereocenters. The first-order valence-electron chi connectivity index (χ1n) is 8.46. The Morgan fingerprint density at radius 1 is 1.03 bits per heavy atom. The van der Waals surface area contributed by atoms with Gasteiger partial charge in [-0.05, 0) is 43.3 Å². The lowest BCUT2D eigenvalue weighted by Crippen LogP contribution is -2.15. The monoisotopic (exact) mass is 409 g/mol. The summed E-state index contributed by atoms with van der Waals surface area (Å²) in [6, 6.07) is 14.4.